The fraction of sp³-hybridized carbons (Fsp3) is 0.667. The largest absolute Gasteiger partial charge is 0.479 e. The number of carbonyl (C=O) groups excluding carboxylic acids is 1. The summed E-state index contributed by atoms with van der Waals surface area (Å²) < 4.78 is 39.9. The molecule has 0 spiro atoms. The van der Waals surface area contributed by atoms with Gasteiger partial charge < -0.3 is 43.4 Å². The zero-order valence-corrected chi connectivity index (χ0v) is 21.2. The zero-order chi connectivity index (χ0) is 27.5. The van der Waals surface area contributed by atoms with Crippen molar-refractivity contribution in [2.24, 2.45) is 5.11 Å². The van der Waals surface area contributed by atoms with Crippen molar-refractivity contribution in [3.8, 4) is 0 Å². The van der Waals surface area contributed by atoms with Gasteiger partial charge in [0.1, 0.15) is 18.3 Å². The molecular weight excluding hydrogens is 506 g/mol. The van der Waals surface area contributed by atoms with Crippen LogP contribution >= 0.6 is 0 Å². The first-order valence-electron chi connectivity index (χ1n) is 12.2. The van der Waals surface area contributed by atoms with Gasteiger partial charge in [-0.2, -0.15) is 0 Å². The molecule has 2 fully saturated rings. The Balaban J connectivity index is 1.68. The van der Waals surface area contributed by atoms with Gasteiger partial charge in [-0.1, -0.05) is 35.4 Å². The number of benzene rings is 1. The molecule has 14 nitrogen and oxygen atoms in total. The highest BCUT2D eigenvalue weighted by Gasteiger charge is 2.62. The predicted molar refractivity (Wildman–Crippen MR) is 128 cm³/mol. The molecular formula is C24H33N3O11. The van der Waals surface area contributed by atoms with Crippen LogP contribution in [0.15, 0.2) is 35.4 Å². The summed E-state index contributed by atoms with van der Waals surface area (Å²) in [4.78, 5) is 27.0. The SMILES string of the molecule is CC(=O)[C@]1(O)C(OCCOCCOCCN=[N+]=[N-])O[C@@H]2COC(c3ccccc3)O[C@H]2[C@@H]1O[C@H](C)C(=O)O. The van der Waals surface area contributed by atoms with E-state index in [2.05, 4.69) is 10.0 Å². The van der Waals surface area contributed by atoms with E-state index in [1.54, 1.807) is 24.3 Å². The summed E-state index contributed by atoms with van der Waals surface area (Å²) in [5.74, 6) is -2.03. The number of rotatable bonds is 15. The molecule has 0 radical (unpaired) electrons. The summed E-state index contributed by atoms with van der Waals surface area (Å²) in [5.41, 5.74) is 6.53. The molecule has 0 saturated carbocycles. The van der Waals surface area contributed by atoms with E-state index in [9.17, 15) is 19.8 Å². The third kappa shape index (κ3) is 7.47. The van der Waals surface area contributed by atoms with Crippen LogP contribution in [0.25, 0.3) is 10.4 Å². The van der Waals surface area contributed by atoms with Gasteiger partial charge >= 0.3 is 5.97 Å². The zero-order valence-electron chi connectivity index (χ0n) is 21.2. The second-order valence-corrected chi connectivity index (χ2v) is 8.65. The maximum atomic E-state index is 12.8. The molecule has 0 aliphatic carbocycles. The van der Waals surface area contributed by atoms with Crippen molar-refractivity contribution in [2.45, 2.75) is 56.4 Å². The van der Waals surface area contributed by atoms with Crippen LogP contribution in [0.4, 0.5) is 0 Å². The minimum absolute atomic E-state index is 0.0169. The highest BCUT2D eigenvalue weighted by atomic mass is 16.8. The van der Waals surface area contributed by atoms with Crippen LogP contribution in [0, 0.1) is 0 Å². The Kier molecular flexibility index (Phi) is 11.4. The molecule has 2 heterocycles. The quantitative estimate of drug-likeness (QED) is 0.142. The van der Waals surface area contributed by atoms with E-state index < -0.39 is 54.3 Å². The van der Waals surface area contributed by atoms with Gasteiger partial charge in [0, 0.05) is 17.0 Å². The maximum absolute atomic E-state index is 12.8. The van der Waals surface area contributed by atoms with Crippen LogP contribution in [0.3, 0.4) is 0 Å². The third-order valence-electron chi connectivity index (χ3n) is 6.05. The topological polar surface area (TPSA) is 188 Å². The van der Waals surface area contributed by atoms with Crippen LogP contribution in [0.2, 0.25) is 0 Å². The number of ether oxygens (including phenoxy) is 7. The molecule has 3 rings (SSSR count). The minimum atomic E-state index is -2.38. The van der Waals surface area contributed by atoms with E-state index in [0.717, 1.165) is 6.92 Å². The highest BCUT2D eigenvalue weighted by molar-refractivity contribution is 5.86. The molecule has 7 atom stereocenters. The van der Waals surface area contributed by atoms with Gasteiger partial charge in [0.2, 0.25) is 5.60 Å². The van der Waals surface area contributed by atoms with Gasteiger partial charge in [0.05, 0.1) is 39.6 Å². The Hall–Kier alpha value is -2.65. The minimum Gasteiger partial charge on any atom is -0.479 e. The van der Waals surface area contributed by atoms with E-state index in [1.165, 1.54) is 6.92 Å². The molecule has 0 amide bonds. The van der Waals surface area contributed by atoms with Gasteiger partial charge in [0.15, 0.2) is 24.5 Å². The van der Waals surface area contributed by atoms with Crippen molar-refractivity contribution in [1.29, 1.82) is 0 Å². The van der Waals surface area contributed by atoms with Crippen LogP contribution in [-0.4, -0.2) is 104 Å². The fourth-order valence-corrected chi connectivity index (χ4v) is 4.04. The number of carbonyl (C=O) groups is 2. The van der Waals surface area contributed by atoms with E-state index >= 15 is 0 Å². The Morgan fingerprint density at radius 3 is 2.50 bits per heavy atom. The number of carboxylic acid groups (broad SMARTS) is 1. The van der Waals surface area contributed by atoms with E-state index in [4.69, 9.17) is 38.7 Å². The van der Waals surface area contributed by atoms with Crippen LogP contribution in [0.5, 0.6) is 0 Å². The Bertz CT molecular complexity index is 961. The summed E-state index contributed by atoms with van der Waals surface area (Å²) >= 11 is 0. The van der Waals surface area contributed by atoms with Crippen molar-refractivity contribution in [1.82, 2.24) is 0 Å². The number of carboxylic acids is 1. The van der Waals surface area contributed by atoms with Crippen molar-refractivity contribution in [3.05, 3.63) is 46.3 Å². The van der Waals surface area contributed by atoms with Gasteiger partial charge in [-0.05, 0) is 19.4 Å². The molecule has 1 aromatic carbocycles. The Labute approximate surface area is 219 Å². The molecule has 14 heteroatoms. The summed E-state index contributed by atoms with van der Waals surface area (Å²) in [6.07, 6.45) is -7.01. The van der Waals surface area contributed by atoms with Crippen molar-refractivity contribution in [2.75, 3.05) is 46.2 Å². The number of nitrogens with zero attached hydrogens (tertiary/aromatic N) is 3. The number of aliphatic hydroxyl groups is 1. The Morgan fingerprint density at radius 2 is 1.84 bits per heavy atom. The van der Waals surface area contributed by atoms with Crippen molar-refractivity contribution < 1.29 is 53.0 Å². The number of aliphatic carboxylic acids is 1. The summed E-state index contributed by atoms with van der Waals surface area (Å²) in [6, 6.07) is 9.02. The summed E-state index contributed by atoms with van der Waals surface area (Å²) in [7, 11) is 0. The fourth-order valence-electron chi connectivity index (χ4n) is 4.04. The number of ketones is 1. The van der Waals surface area contributed by atoms with Gasteiger partial charge in [-0.25, -0.2) is 4.79 Å². The van der Waals surface area contributed by atoms with Gasteiger partial charge in [-0.3, -0.25) is 4.79 Å². The van der Waals surface area contributed by atoms with E-state index in [0.29, 0.717) is 5.56 Å². The molecule has 2 aliphatic rings. The monoisotopic (exact) mass is 539 g/mol. The normalized spacial score (nSPS) is 29.6. The van der Waals surface area contributed by atoms with Crippen LogP contribution in [-0.2, 0) is 42.7 Å². The van der Waals surface area contributed by atoms with Crippen LogP contribution < -0.4 is 0 Å². The molecule has 2 saturated heterocycles. The lowest BCUT2D eigenvalue weighted by molar-refractivity contribution is -0.385. The molecule has 38 heavy (non-hydrogen) atoms. The smallest absolute Gasteiger partial charge is 0.332 e. The first-order chi connectivity index (χ1) is 18.3. The Morgan fingerprint density at radius 1 is 1.16 bits per heavy atom. The molecule has 0 bridgehead atoms. The van der Waals surface area contributed by atoms with Crippen molar-refractivity contribution >= 4 is 11.8 Å². The number of fused-ring (bicyclic) bond motifs is 1. The molecule has 1 aromatic rings. The average molecular weight is 540 g/mol. The highest BCUT2D eigenvalue weighted by Crippen LogP contribution is 2.41. The van der Waals surface area contributed by atoms with E-state index in [1.807, 2.05) is 6.07 Å². The first kappa shape index (κ1) is 29.9. The number of hydrogen-bond donors (Lipinski definition) is 2. The number of azide groups is 1. The lowest BCUT2D eigenvalue weighted by atomic mass is 9.82. The second-order valence-electron chi connectivity index (χ2n) is 8.65. The lowest BCUT2D eigenvalue weighted by Gasteiger charge is -2.52. The molecule has 0 aromatic heterocycles. The summed E-state index contributed by atoms with van der Waals surface area (Å²) in [6.45, 7) is 3.45. The number of hydrogen-bond acceptors (Lipinski definition) is 11. The molecule has 2 aliphatic heterocycles. The lowest BCUT2D eigenvalue weighted by Crippen LogP contribution is -2.72. The molecule has 210 valence electrons. The predicted octanol–water partition coefficient (Wildman–Crippen LogP) is 1.36. The average Bonchev–Trinajstić information content (AvgIpc) is 2.91. The summed E-state index contributed by atoms with van der Waals surface area (Å²) in [5, 5.41) is 24.4. The molecule has 2 unspecified atom stereocenters. The standard InChI is InChI=1S/C24H33N3O11/c1-15(21(29)30)36-20-19-18(14-35-22(38-19)17-6-4-3-5-7-17)37-23(24(20,31)16(2)28)34-13-12-33-11-10-32-9-8-26-27-25/h3-7,15,18-20,22-23,31H,8-14H2,1-2H3,(H,29,30)/t15-,18-,19-,20+,22?,23?,24-/m1/s1. The van der Waals surface area contributed by atoms with Crippen LogP contribution in [0.1, 0.15) is 25.7 Å². The second kappa shape index (κ2) is 14.5. The van der Waals surface area contributed by atoms with Crippen molar-refractivity contribution in [3.63, 3.8) is 0 Å². The van der Waals surface area contributed by atoms with Gasteiger partial charge in [0.25, 0.3) is 0 Å². The van der Waals surface area contributed by atoms with Gasteiger partial charge in [-0.15, -0.1) is 0 Å². The number of Topliss-reactive ketones (excluding diaryl/α,β-unsaturated/α-hetero) is 1. The van der Waals surface area contributed by atoms with E-state index in [-0.39, 0.29) is 46.2 Å². The third-order valence-corrected chi connectivity index (χ3v) is 6.05. The molecule has 2 N–H and O–H groups in total. The maximum Gasteiger partial charge on any atom is 0.332 e. The first-order valence-corrected chi connectivity index (χ1v) is 12.2.